The van der Waals surface area contributed by atoms with Gasteiger partial charge in [0.15, 0.2) is 0 Å². The van der Waals surface area contributed by atoms with E-state index in [2.05, 4.69) is 15.2 Å². The molecule has 1 aromatic heterocycles. The summed E-state index contributed by atoms with van der Waals surface area (Å²) in [4.78, 5) is 38.5. The summed E-state index contributed by atoms with van der Waals surface area (Å²) in [5.74, 6) is 0.180. The van der Waals surface area contributed by atoms with Crippen LogP contribution in [0.1, 0.15) is 39.3 Å². The van der Waals surface area contributed by atoms with Crippen LogP contribution in [0.2, 0.25) is 0 Å². The van der Waals surface area contributed by atoms with E-state index in [4.69, 9.17) is 9.72 Å². The van der Waals surface area contributed by atoms with E-state index in [1.165, 1.54) is 0 Å². The van der Waals surface area contributed by atoms with Gasteiger partial charge in [0, 0.05) is 50.3 Å². The van der Waals surface area contributed by atoms with E-state index in [-0.39, 0.29) is 35.6 Å². The molecule has 0 bridgehead atoms. The number of nitrogens with one attached hydrogen (secondary N) is 1. The summed E-state index contributed by atoms with van der Waals surface area (Å²) in [6.07, 6.45) is 1.75. The molecule has 28 heavy (non-hydrogen) atoms. The second kappa shape index (κ2) is 8.86. The molecule has 3 rings (SSSR count). The van der Waals surface area contributed by atoms with E-state index in [9.17, 15) is 9.59 Å². The van der Waals surface area contributed by atoms with Crippen LogP contribution < -0.4 is 10.2 Å². The molecule has 0 radical (unpaired) electrons. The Kier molecular flexibility index (Phi) is 6.49. The van der Waals surface area contributed by atoms with Crippen molar-refractivity contribution >= 4 is 17.8 Å². The smallest absolute Gasteiger partial charge is 0.225 e. The maximum atomic E-state index is 12.8. The second-order valence-electron chi connectivity index (χ2n) is 8.16. The third kappa shape index (κ3) is 4.60. The van der Waals surface area contributed by atoms with Gasteiger partial charge in [-0.15, -0.1) is 0 Å². The number of carbonyl (C=O) groups is 2. The molecule has 2 saturated heterocycles. The minimum atomic E-state index is -0.308. The van der Waals surface area contributed by atoms with Crippen molar-refractivity contribution < 1.29 is 14.3 Å². The van der Waals surface area contributed by atoms with E-state index in [0.29, 0.717) is 32.3 Å². The van der Waals surface area contributed by atoms with Crippen molar-refractivity contribution in [2.24, 2.45) is 11.8 Å². The summed E-state index contributed by atoms with van der Waals surface area (Å²) < 4.78 is 5.41. The van der Waals surface area contributed by atoms with Gasteiger partial charge in [-0.1, -0.05) is 13.8 Å². The first-order valence-corrected chi connectivity index (χ1v) is 10.1. The average Bonchev–Trinajstić information content (AvgIpc) is 3.13. The van der Waals surface area contributed by atoms with Gasteiger partial charge in [-0.3, -0.25) is 9.59 Å². The fourth-order valence-electron chi connectivity index (χ4n) is 3.79. The molecule has 1 N–H and O–H groups in total. The van der Waals surface area contributed by atoms with E-state index in [0.717, 1.165) is 18.8 Å². The fraction of sp³-hybridized carbons (Fsp3) is 0.700. The number of hydrogen-bond donors (Lipinski definition) is 1. The number of ether oxygens (including phenoxy) is 1. The van der Waals surface area contributed by atoms with Gasteiger partial charge >= 0.3 is 0 Å². The minimum absolute atomic E-state index is 0.0226. The molecule has 0 aromatic carbocycles. The Morgan fingerprint density at radius 2 is 1.89 bits per heavy atom. The molecule has 154 valence electrons. The highest BCUT2D eigenvalue weighted by molar-refractivity contribution is 5.84. The van der Waals surface area contributed by atoms with Crippen molar-refractivity contribution in [3.05, 3.63) is 18.0 Å². The third-order valence-electron chi connectivity index (χ3n) is 5.23. The van der Waals surface area contributed by atoms with Gasteiger partial charge in [0.25, 0.3) is 0 Å². The Bertz CT molecular complexity index is 703. The second-order valence-corrected chi connectivity index (χ2v) is 8.16. The zero-order valence-electron chi connectivity index (χ0n) is 17.2. The number of amides is 2. The normalized spacial score (nSPS) is 22.8. The molecule has 1 aromatic rings. The zero-order valence-corrected chi connectivity index (χ0v) is 17.2. The van der Waals surface area contributed by atoms with Crippen molar-refractivity contribution in [1.82, 2.24) is 20.2 Å². The van der Waals surface area contributed by atoms with Crippen LogP contribution in [0.25, 0.3) is 0 Å². The van der Waals surface area contributed by atoms with Gasteiger partial charge in [-0.05, 0) is 19.9 Å². The van der Waals surface area contributed by atoms with Crippen LogP contribution in [0.4, 0.5) is 5.95 Å². The summed E-state index contributed by atoms with van der Waals surface area (Å²) in [7, 11) is 0. The Balaban J connectivity index is 1.85. The molecule has 2 amide bonds. The Labute approximate surface area is 166 Å². The molecule has 0 saturated carbocycles. The largest absolute Gasteiger partial charge is 0.378 e. The topological polar surface area (TPSA) is 87.7 Å². The molecular formula is C20H31N5O3. The highest BCUT2D eigenvalue weighted by Crippen LogP contribution is 2.33. The number of morpholine rings is 1. The van der Waals surface area contributed by atoms with Crippen molar-refractivity contribution in [1.29, 1.82) is 0 Å². The predicted octanol–water partition coefficient (Wildman–Crippen LogP) is 1.04. The van der Waals surface area contributed by atoms with Crippen molar-refractivity contribution in [3.8, 4) is 0 Å². The first kappa shape index (κ1) is 20.5. The molecule has 0 unspecified atom stereocenters. The first-order chi connectivity index (χ1) is 13.4. The minimum Gasteiger partial charge on any atom is -0.378 e. The first-order valence-electron chi connectivity index (χ1n) is 10.1. The summed E-state index contributed by atoms with van der Waals surface area (Å²) in [6.45, 7) is 11.4. The standard InChI is InChI=1S/C20H31N5O3/c1-13(2)19(27)25-11-15(16(12-25)18(26)22-14(3)4)17-5-6-21-20(23-17)24-7-9-28-10-8-24/h5-6,13-16H,7-12H2,1-4H3,(H,22,26)/t15-,16-/m0/s1. The number of rotatable bonds is 5. The lowest BCUT2D eigenvalue weighted by Crippen LogP contribution is -2.39. The number of carbonyl (C=O) groups excluding carboxylic acids is 2. The Hall–Kier alpha value is -2.22. The summed E-state index contributed by atoms with van der Waals surface area (Å²) in [5.41, 5.74) is 0.819. The number of likely N-dealkylation sites (tertiary alicyclic amines) is 1. The number of nitrogens with zero attached hydrogens (tertiary/aromatic N) is 4. The van der Waals surface area contributed by atoms with E-state index in [1.54, 1.807) is 11.1 Å². The molecule has 2 atom stereocenters. The maximum absolute atomic E-state index is 12.8. The van der Waals surface area contributed by atoms with Gasteiger partial charge in [-0.2, -0.15) is 0 Å². The summed E-state index contributed by atoms with van der Waals surface area (Å²) >= 11 is 0. The molecular weight excluding hydrogens is 358 g/mol. The monoisotopic (exact) mass is 389 g/mol. The van der Waals surface area contributed by atoms with Gasteiger partial charge in [0.1, 0.15) is 0 Å². The van der Waals surface area contributed by atoms with Crippen LogP contribution in [0.5, 0.6) is 0 Å². The van der Waals surface area contributed by atoms with Gasteiger partial charge in [0.05, 0.1) is 24.8 Å². The maximum Gasteiger partial charge on any atom is 0.225 e. The lowest BCUT2D eigenvalue weighted by atomic mass is 9.91. The lowest BCUT2D eigenvalue weighted by molar-refractivity contribution is -0.133. The van der Waals surface area contributed by atoms with Crippen LogP contribution in [0.3, 0.4) is 0 Å². The van der Waals surface area contributed by atoms with Crippen LogP contribution in [-0.4, -0.2) is 72.1 Å². The predicted molar refractivity (Wildman–Crippen MR) is 106 cm³/mol. The molecule has 8 heteroatoms. The highest BCUT2D eigenvalue weighted by atomic mass is 16.5. The van der Waals surface area contributed by atoms with Gasteiger partial charge in [-0.25, -0.2) is 9.97 Å². The van der Waals surface area contributed by atoms with E-state index < -0.39 is 0 Å². The zero-order chi connectivity index (χ0) is 20.3. The number of hydrogen-bond acceptors (Lipinski definition) is 6. The molecule has 2 aliphatic rings. The fourth-order valence-corrected chi connectivity index (χ4v) is 3.79. The third-order valence-corrected chi connectivity index (χ3v) is 5.23. The molecule has 3 heterocycles. The van der Waals surface area contributed by atoms with E-state index in [1.807, 2.05) is 33.8 Å². The quantitative estimate of drug-likeness (QED) is 0.810. The Morgan fingerprint density at radius 3 is 2.54 bits per heavy atom. The average molecular weight is 390 g/mol. The molecule has 2 fully saturated rings. The van der Waals surface area contributed by atoms with Crippen molar-refractivity contribution in [2.75, 3.05) is 44.3 Å². The SMILES string of the molecule is CC(C)NC(=O)[C@H]1CN(C(=O)C(C)C)C[C@@H]1c1ccnc(N2CCOCC2)n1. The Morgan fingerprint density at radius 1 is 1.18 bits per heavy atom. The summed E-state index contributed by atoms with van der Waals surface area (Å²) in [5, 5.41) is 3.00. The molecule has 0 spiro atoms. The van der Waals surface area contributed by atoms with Gasteiger partial charge < -0.3 is 19.9 Å². The van der Waals surface area contributed by atoms with Crippen LogP contribution in [0, 0.1) is 11.8 Å². The van der Waals surface area contributed by atoms with Crippen LogP contribution in [-0.2, 0) is 14.3 Å². The molecule has 2 aliphatic heterocycles. The number of aromatic nitrogens is 2. The molecule has 0 aliphatic carbocycles. The van der Waals surface area contributed by atoms with E-state index >= 15 is 0 Å². The van der Waals surface area contributed by atoms with Crippen molar-refractivity contribution in [3.63, 3.8) is 0 Å². The van der Waals surface area contributed by atoms with Crippen molar-refractivity contribution in [2.45, 2.75) is 39.7 Å². The van der Waals surface area contributed by atoms with Crippen LogP contribution >= 0.6 is 0 Å². The molecule has 8 nitrogen and oxygen atoms in total. The van der Waals surface area contributed by atoms with Gasteiger partial charge in [0.2, 0.25) is 17.8 Å². The highest BCUT2D eigenvalue weighted by Gasteiger charge is 2.41. The summed E-state index contributed by atoms with van der Waals surface area (Å²) in [6, 6.07) is 1.92. The lowest BCUT2D eigenvalue weighted by Gasteiger charge is -2.27. The number of anilines is 1. The van der Waals surface area contributed by atoms with Crippen LogP contribution in [0.15, 0.2) is 12.3 Å².